The summed E-state index contributed by atoms with van der Waals surface area (Å²) in [5, 5.41) is 0. The lowest BCUT2D eigenvalue weighted by atomic mass is 10.1. The number of ether oxygens (including phenoxy) is 1. The number of benzene rings is 1. The van der Waals surface area contributed by atoms with E-state index in [2.05, 4.69) is 34.1 Å². The van der Waals surface area contributed by atoms with Crippen LogP contribution in [0.1, 0.15) is 29.5 Å². The van der Waals surface area contributed by atoms with Gasteiger partial charge in [0.25, 0.3) is 11.5 Å². The van der Waals surface area contributed by atoms with Crippen LogP contribution in [0, 0.1) is 6.92 Å². The molecule has 3 aliphatic rings. The Kier molecular flexibility index (Phi) is 7.53. The maximum absolute atomic E-state index is 13.8. The third-order valence-corrected chi connectivity index (χ3v) is 8.84. The van der Waals surface area contributed by atoms with E-state index < -0.39 is 0 Å². The molecular formula is C29H31N5O3S2. The van der Waals surface area contributed by atoms with Crippen LogP contribution in [0.5, 0.6) is 0 Å². The second-order valence-electron chi connectivity index (χ2n) is 10.3. The molecule has 0 aliphatic carbocycles. The van der Waals surface area contributed by atoms with E-state index >= 15 is 0 Å². The number of carbonyl (C=O) groups excluding carboxylic acids is 1. The Balaban J connectivity index is 1.31. The molecule has 0 bridgehead atoms. The number of rotatable bonds is 6. The third-order valence-electron chi connectivity index (χ3n) is 7.47. The predicted molar refractivity (Wildman–Crippen MR) is 159 cm³/mol. The van der Waals surface area contributed by atoms with E-state index in [0.29, 0.717) is 32.8 Å². The molecule has 1 atom stereocenters. The summed E-state index contributed by atoms with van der Waals surface area (Å²) in [4.78, 5) is 38.8. The van der Waals surface area contributed by atoms with Crippen molar-refractivity contribution in [2.75, 3.05) is 44.2 Å². The van der Waals surface area contributed by atoms with Crippen molar-refractivity contribution in [1.29, 1.82) is 0 Å². The fourth-order valence-corrected chi connectivity index (χ4v) is 6.61. The lowest BCUT2D eigenvalue weighted by Crippen LogP contribution is -2.47. The van der Waals surface area contributed by atoms with Gasteiger partial charge in [-0.2, -0.15) is 0 Å². The van der Waals surface area contributed by atoms with Crippen LogP contribution in [0.4, 0.5) is 5.82 Å². The first-order chi connectivity index (χ1) is 19.0. The lowest BCUT2D eigenvalue weighted by molar-refractivity contribution is -0.123. The zero-order valence-corrected chi connectivity index (χ0v) is 23.5. The molecule has 0 spiro atoms. The standard InChI is InChI=1S/C29H31N5O3S2/c1-20-9-10-25-30-26(32-13-11-31(12-14-32)18-21-6-3-2-4-7-21)23(27(35)33(25)17-20)16-24-28(36)34(29(38)39-24)19-22-8-5-15-37-22/h2-4,6-7,9-10,16-17,22H,5,8,11-15,18-19H2,1H3/b24-16+/t22-/m0/s1. The van der Waals surface area contributed by atoms with Crippen molar-refractivity contribution < 1.29 is 9.53 Å². The van der Waals surface area contributed by atoms with Gasteiger partial charge >= 0.3 is 0 Å². The number of aryl methyl sites for hydroxylation is 1. The summed E-state index contributed by atoms with van der Waals surface area (Å²) in [6.07, 6.45) is 5.42. The van der Waals surface area contributed by atoms with Crippen LogP contribution in [-0.4, -0.2) is 74.8 Å². The van der Waals surface area contributed by atoms with Crippen LogP contribution in [-0.2, 0) is 16.1 Å². The first kappa shape index (κ1) is 26.2. The minimum atomic E-state index is -0.185. The highest BCUT2D eigenvalue weighted by atomic mass is 32.2. The average molecular weight is 562 g/mol. The van der Waals surface area contributed by atoms with Gasteiger partial charge in [0.15, 0.2) is 0 Å². The Morgan fingerprint density at radius 1 is 1.10 bits per heavy atom. The zero-order valence-electron chi connectivity index (χ0n) is 21.9. The van der Waals surface area contributed by atoms with Gasteiger partial charge in [0, 0.05) is 45.5 Å². The molecule has 1 aromatic carbocycles. The second kappa shape index (κ2) is 11.2. The molecule has 2 aromatic heterocycles. The van der Waals surface area contributed by atoms with Gasteiger partial charge < -0.3 is 9.64 Å². The largest absolute Gasteiger partial charge is 0.376 e. The summed E-state index contributed by atoms with van der Waals surface area (Å²) in [5.74, 6) is 0.445. The number of amides is 1. The van der Waals surface area contributed by atoms with Crippen LogP contribution in [0.2, 0.25) is 0 Å². The van der Waals surface area contributed by atoms with E-state index in [1.165, 1.54) is 17.3 Å². The third kappa shape index (κ3) is 5.51. The monoisotopic (exact) mass is 561 g/mol. The van der Waals surface area contributed by atoms with Gasteiger partial charge in [-0.15, -0.1) is 0 Å². The molecule has 8 nitrogen and oxygen atoms in total. The summed E-state index contributed by atoms with van der Waals surface area (Å²) in [5.41, 5.74) is 3.08. The number of piperazine rings is 1. The normalized spacial score (nSPS) is 21.6. The summed E-state index contributed by atoms with van der Waals surface area (Å²) in [6.45, 7) is 7.19. The van der Waals surface area contributed by atoms with Crippen molar-refractivity contribution in [3.05, 3.63) is 80.6 Å². The number of thioether (sulfide) groups is 1. The number of aromatic nitrogens is 2. The highest BCUT2D eigenvalue weighted by molar-refractivity contribution is 8.26. The highest BCUT2D eigenvalue weighted by Gasteiger charge is 2.35. The lowest BCUT2D eigenvalue weighted by Gasteiger charge is -2.36. The van der Waals surface area contributed by atoms with Crippen molar-refractivity contribution in [1.82, 2.24) is 19.2 Å². The minimum absolute atomic E-state index is 0.00512. The van der Waals surface area contributed by atoms with E-state index in [4.69, 9.17) is 21.9 Å². The van der Waals surface area contributed by atoms with E-state index in [1.807, 2.05) is 25.1 Å². The molecule has 39 heavy (non-hydrogen) atoms. The van der Waals surface area contributed by atoms with Gasteiger partial charge in [-0.05, 0) is 43.0 Å². The van der Waals surface area contributed by atoms with Crippen molar-refractivity contribution >= 4 is 51.7 Å². The molecule has 10 heteroatoms. The molecule has 5 heterocycles. The molecule has 0 N–H and O–H groups in total. The van der Waals surface area contributed by atoms with Crippen LogP contribution >= 0.6 is 24.0 Å². The summed E-state index contributed by atoms with van der Waals surface area (Å²) < 4.78 is 7.81. The van der Waals surface area contributed by atoms with E-state index in [0.717, 1.165) is 57.7 Å². The number of carbonyl (C=O) groups is 1. The average Bonchev–Trinajstić information content (AvgIpc) is 3.55. The van der Waals surface area contributed by atoms with Crippen molar-refractivity contribution in [3.63, 3.8) is 0 Å². The Bertz CT molecular complexity index is 1490. The molecule has 3 saturated heterocycles. The van der Waals surface area contributed by atoms with Crippen molar-refractivity contribution in [3.8, 4) is 0 Å². The second-order valence-corrected chi connectivity index (χ2v) is 11.9. The first-order valence-electron chi connectivity index (χ1n) is 13.4. The molecule has 3 fully saturated rings. The fraction of sp³-hybridized carbons (Fsp3) is 0.379. The number of nitrogens with zero attached hydrogens (tertiary/aromatic N) is 5. The summed E-state index contributed by atoms with van der Waals surface area (Å²) >= 11 is 6.80. The van der Waals surface area contributed by atoms with Crippen molar-refractivity contribution in [2.45, 2.75) is 32.4 Å². The maximum atomic E-state index is 13.8. The van der Waals surface area contributed by atoms with Crippen LogP contribution in [0.3, 0.4) is 0 Å². The van der Waals surface area contributed by atoms with Gasteiger partial charge in [0.05, 0.1) is 23.1 Å². The van der Waals surface area contributed by atoms with Gasteiger partial charge in [-0.25, -0.2) is 4.98 Å². The SMILES string of the molecule is Cc1ccc2nc(N3CCN(Cc4ccccc4)CC3)c(/C=C3/SC(=S)N(C[C@@H]4CCCO4)C3=O)c(=O)n2c1. The Labute approximate surface area is 237 Å². The molecule has 3 aromatic rings. The van der Waals surface area contributed by atoms with Gasteiger partial charge in [-0.3, -0.25) is 23.8 Å². The van der Waals surface area contributed by atoms with E-state index in [9.17, 15) is 9.59 Å². The van der Waals surface area contributed by atoms with Crippen molar-refractivity contribution in [2.24, 2.45) is 0 Å². The van der Waals surface area contributed by atoms with Crippen LogP contribution in [0.15, 0.2) is 58.4 Å². The van der Waals surface area contributed by atoms with Gasteiger partial charge in [-0.1, -0.05) is 60.4 Å². The fourth-order valence-electron chi connectivity index (χ4n) is 5.35. The quantitative estimate of drug-likeness (QED) is 0.333. The molecule has 202 valence electrons. The Morgan fingerprint density at radius 2 is 1.90 bits per heavy atom. The zero-order chi connectivity index (χ0) is 26.9. The molecule has 3 aliphatic heterocycles. The number of hydrogen-bond donors (Lipinski definition) is 0. The van der Waals surface area contributed by atoms with Crippen LogP contribution < -0.4 is 10.5 Å². The smallest absolute Gasteiger partial charge is 0.267 e. The summed E-state index contributed by atoms with van der Waals surface area (Å²) in [7, 11) is 0. The Morgan fingerprint density at radius 3 is 2.64 bits per heavy atom. The van der Waals surface area contributed by atoms with E-state index in [-0.39, 0.29) is 17.6 Å². The van der Waals surface area contributed by atoms with Crippen LogP contribution in [0.25, 0.3) is 11.7 Å². The number of thiocarbonyl (C=S) groups is 1. The predicted octanol–water partition coefficient (Wildman–Crippen LogP) is 3.71. The molecule has 1 amide bonds. The first-order valence-corrected chi connectivity index (χ1v) is 14.6. The highest BCUT2D eigenvalue weighted by Crippen LogP contribution is 2.34. The summed E-state index contributed by atoms with van der Waals surface area (Å²) in [6, 6.07) is 14.3. The molecule has 0 saturated carbocycles. The molecule has 0 unspecified atom stereocenters. The van der Waals surface area contributed by atoms with E-state index in [1.54, 1.807) is 21.6 Å². The minimum Gasteiger partial charge on any atom is -0.376 e. The molecule has 0 radical (unpaired) electrons. The van der Waals surface area contributed by atoms with Gasteiger partial charge in [0.2, 0.25) is 0 Å². The number of hydrogen-bond acceptors (Lipinski definition) is 8. The molecular weight excluding hydrogens is 530 g/mol. The molecule has 6 rings (SSSR count). The number of fused-ring (bicyclic) bond motifs is 1. The Hall–Kier alpha value is -3.05. The number of anilines is 1. The topological polar surface area (TPSA) is 70.4 Å². The maximum Gasteiger partial charge on any atom is 0.267 e. The number of pyridine rings is 1. The van der Waals surface area contributed by atoms with Gasteiger partial charge in [0.1, 0.15) is 15.8 Å².